The minimum atomic E-state index is -0.341. The van der Waals surface area contributed by atoms with E-state index in [1.165, 1.54) is 25.8 Å². The molecule has 2 unspecified atom stereocenters. The lowest BCUT2D eigenvalue weighted by Gasteiger charge is -2.33. The summed E-state index contributed by atoms with van der Waals surface area (Å²) in [7, 11) is 0. The SMILES string of the molecule is O=[N+]([O-])c1ccc(NC2CCN3CCCCC23)c2ncccc12. The van der Waals surface area contributed by atoms with Gasteiger partial charge < -0.3 is 5.32 Å². The molecule has 23 heavy (non-hydrogen) atoms. The van der Waals surface area contributed by atoms with Crippen molar-refractivity contribution in [2.75, 3.05) is 18.4 Å². The molecule has 1 aromatic heterocycles. The van der Waals surface area contributed by atoms with E-state index in [0.29, 0.717) is 23.0 Å². The van der Waals surface area contributed by atoms with Gasteiger partial charge in [0.2, 0.25) is 0 Å². The van der Waals surface area contributed by atoms with Crippen LogP contribution in [-0.2, 0) is 0 Å². The lowest BCUT2D eigenvalue weighted by Crippen LogP contribution is -2.41. The Morgan fingerprint density at radius 1 is 1.22 bits per heavy atom. The Bertz CT molecular complexity index is 748. The zero-order valence-corrected chi connectivity index (χ0v) is 12.9. The number of rotatable bonds is 3. The second-order valence-electron chi connectivity index (χ2n) is 6.43. The molecule has 2 fully saturated rings. The number of nitrogens with zero attached hydrogens (tertiary/aromatic N) is 3. The van der Waals surface area contributed by atoms with Crippen LogP contribution >= 0.6 is 0 Å². The van der Waals surface area contributed by atoms with Crippen molar-refractivity contribution in [1.29, 1.82) is 0 Å². The Morgan fingerprint density at radius 3 is 3.00 bits per heavy atom. The number of hydrogen-bond donors (Lipinski definition) is 1. The van der Waals surface area contributed by atoms with Crippen LogP contribution in [0.15, 0.2) is 30.5 Å². The topological polar surface area (TPSA) is 71.3 Å². The summed E-state index contributed by atoms with van der Waals surface area (Å²) in [4.78, 5) is 17.8. The first-order chi connectivity index (χ1) is 11.2. The summed E-state index contributed by atoms with van der Waals surface area (Å²) in [5.74, 6) is 0. The Kier molecular flexibility index (Phi) is 3.61. The number of non-ortho nitro benzene ring substituents is 1. The first-order valence-electron chi connectivity index (χ1n) is 8.27. The van der Waals surface area contributed by atoms with Gasteiger partial charge in [0.25, 0.3) is 5.69 Å². The van der Waals surface area contributed by atoms with E-state index in [-0.39, 0.29) is 10.6 Å². The molecule has 120 valence electrons. The zero-order chi connectivity index (χ0) is 15.8. The molecule has 2 aliphatic rings. The van der Waals surface area contributed by atoms with Crippen molar-refractivity contribution >= 4 is 22.3 Å². The van der Waals surface area contributed by atoms with Gasteiger partial charge in [0, 0.05) is 30.9 Å². The third-order valence-corrected chi connectivity index (χ3v) is 5.14. The van der Waals surface area contributed by atoms with Crippen LogP contribution in [0, 0.1) is 10.1 Å². The number of anilines is 1. The van der Waals surface area contributed by atoms with Crippen LogP contribution in [0.5, 0.6) is 0 Å². The van der Waals surface area contributed by atoms with Gasteiger partial charge in [-0.25, -0.2) is 0 Å². The van der Waals surface area contributed by atoms with Crippen LogP contribution in [0.25, 0.3) is 10.9 Å². The molecule has 1 aromatic carbocycles. The summed E-state index contributed by atoms with van der Waals surface area (Å²) in [5, 5.41) is 15.4. The molecule has 0 spiro atoms. The van der Waals surface area contributed by atoms with Gasteiger partial charge in [-0.15, -0.1) is 0 Å². The minimum absolute atomic E-state index is 0.115. The van der Waals surface area contributed by atoms with Crippen molar-refractivity contribution in [3.05, 3.63) is 40.6 Å². The zero-order valence-electron chi connectivity index (χ0n) is 12.9. The van der Waals surface area contributed by atoms with Gasteiger partial charge in [0.05, 0.1) is 16.0 Å². The molecular weight excluding hydrogens is 292 g/mol. The van der Waals surface area contributed by atoms with Crippen molar-refractivity contribution < 1.29 is 4.92 Å². The molecule has 0 radical (unpaired) electrons. The highest BCUT2D eigenvalue weighted by Crippen LogP contribution is 2.33. The molecule has 2 aromatic rings. The maximum atomic E-state index is 11.2. The monoisotopic (exact) mass is 312 g/mol. The number of fused-ring (bicyclic) bond motifs is 2. The van der Waals surface area contributed by atoms with Gasteiger partial charge in [-0.3, -0.25) is 20.0 Å². The average Bonchev–Trinajstić information content (AvgIpc) is 2.98. The third kappa shape index (κ3) is 2.53. The Labute approximate surface area is 134 Å². The number of benzene rings is 1. The summed E-state index contributed by atoms with van der Waals surface area (Å²) in [6.45, 7) is 2.34. The predicted octanol–water partition coefficient (Wildman–Crippen LogP) is 3.18. The standard InChI is InChI=1S/C17H20N4O2/c22-21(23)15-7-6-14(17-12(15)4-3-9-18-17)19-13-8-11-20-10-2-1-5-16(13)20/h3-4,6-7,9,13,16,19H,1-2,5,8,10-11H2. The molecule has 1 N–H and O–H groups in total. The van der Waals surface area contributed by atoms with E-state index in [2.05, 4.69) is 15.2 Å². The summed E-state index contributed by atoms with van der Waals surface area (Å²) >= 11 is 0. The van der Waals surface area contributed by atoms with Crippen LogP contribution in [0.2, 0.25) is 0 Å². The molecule has 0 saturated carbocycles. The highest BCUT2D eigenvalue weighted by Gasteiger charge is 2.35. The molecule has 0 aliphatic carbocycles. The maximum Gasteiger partial charge on any atom is 0.278 e. The van der Waals surface area contributed by atoms with Crippen molar-refractivity contribution in [2.24, 2.45) is 0 Å². The number of nitro benzene ring substituents is 1. The van der Waals surface area contributed by atoms with Gasteiger partial charge in [-0.1, -0.05) is 6.42 Å². The molecular formula is C17H20N4O2. The van der Waals surface area contributed by atoms with Crippen molar-refractivity contribution in [2.45, 2.75) is 37.8 Å². The molecule has 2 aliphatic heterocycles. The van der Waals surface area contributed by atoms with Crippen LogP contribution in [0.4, 0.5) is 11.4 Å². The van der Waals surface area contributed by atoms with E-state index < -0.39 is 0 Å². The number of piperidine rings is 1. The summed E-state index contributed by atoms with van der Waals surface area (Å²) in [6.07, 6.45) is 6.63. The fourth-order valence-electron chi connectivity index (χ4n) is 4.05. The van der Waals surface area contributed by atoms with Crippen molar-refractivity contribution in [3.8, 4) is 0 Å². The molecule has 4 rings (SSSR count). The van der Waals surface area contributed by atoms with Gasteiger partial charge in [0.1, 0.15) is 5.52 Å². The fraction of sp³-hybridized carbons (Fsp3) is 0.471. The van der Waals surface area contributed by atoms with E-state index in [0.717, 1.165) is 18.7 Å². The lowest BCUT2D eigenvalue weighted by molar-refractivity contribution is -0.383. The molecule has 3 heterocycles. The number of pyridine rings is 1. The second kappa shape index (κ2) is 5.77. The van der Waals surface area contributed by atoms with Gasteiger partial charge in [0.15, 0.2) is 0 Å². The van der Waals surface area contributed by atoms with Gasteiger partial charge >= 0.3 is 0 Å². The van der Waals surface area contributed by atoms with Crippen molar-refractivity contribution in [3.63, 3.8) is 0 Å². The molecule has 0 amide bonds. The van der Waals surface area contributed by atoms with Crippen LogP contribution in [0.1, 0.15) is 25.7 Å². The number of nitro groups is 1. The van der Waals surface area contributed by atoms with Crippen LogP contribution in [0.3, 0.4) is 0 Å². The van der Waals surface area contributed by atoms with E-state index in [1.54, 1.807) is 30.5 Å². The predicted molar refractivity (Wildman–Crippen MR) is 89.6 cm³/mol. The molecule has 6 nitrogen and oxygen atoms in total. The Balaban J connectivity index is 1.67. The lowest BCUT2D eigenvalue weighted by atomic mass is 9.98. The number of aromatic nitrogens is 1. The maximum absolute atomic E-state index is 11.2. The van der Waals surface area contributed by atoms with E-state index in [9.17, 15) is 10.1 Å². The third-order valence-electron chi connectivity index (χ3n) is 5.14. The largest absolute Gasteiger partial charge is 0.379 e. The van der Waals surface area contributed by atoms with Crippen LogP contribution < -0.4 is 5.32 Å². The number of hydrogen-bond acceptors (Lipinski definition) is 5. The van der Waals surface area contributed by atoms with Crippen LogP contribution in [-0.4, -0.2) is 40.0 Å². The quantitative estimate of drug-likeness (QED) is 0.696. The average molecular weight is 312 g/mol. The van der Waals surface area contributed by atoms with E-state index >= 15 is 0 Å². The van der Waals surface area contributed by atoms with Gasteiger partial charge in [-0.2, -0.15) is 0 Å². The molecule has 6 heteroatoms. The molecule has 2 atom stereocenters. The van der Waals surface area contributed by atoms with Crippen molar-refractivity contribution in [1.82, 2.24) is 9.88 Å². The molecule has 2 saturated heterocycles. The normalized spacial score (nSPS) is 24.5. The second-order valence-corrected chi connectivity index (χ2v) is 6.43. The first-order valence-corrected chi connectivity index (χ1v) is 8.27. The smallest absolute Gasteiger partial charge is 0.278 e. The van der Waals surface area contributed by atoms with Gasteiger partial charge in [-0.05, 0) is 44.0 Å². The minimum Gasteiger partial charge on any atom is -0.379 e. The highest BCUT2D eigenvalue weighted by atomic mass is 16.6. The first kappa shape index (κ1) is 14.4. The van der Waals surface area contributed by atoms with E-state index in [4.69, 9.17) is 0 Å². The summed E-state index contributed by atoms with van der Waals surface area (Å²) in [6, 6.07) is 7.89. The highest BCUT2D eigenvalue weighted by molar-refractivity contribution is 5.96. The Morgan fingerprint density at radius 2 is 2.13 bits per heavy atom. The van der Waals surface area contributed by atoms with E-state index in [1.807, 2.05) is 0 Å². The molecule has 0 bridgehead atoms. The number of nitrogens with one attached hydrogen (secondary N) is 1. The summed E-state index contributed by atoms with van der Waals surface area (Å²) in [5.41, 5.74) is 1.71. The summed E-state index contributed by atoms with van der Waals surface area (Å²) < 4.78 is 0. The fourth-order valence-corrected chi connectivity index (χ4v) is 4.05. The Hall–Kier alpha value is -2.21.